The van der Waals surface area contributed by atoms with Crippen molar-refractivity contribution in [1.29, 1.82) is 0 Å². The molecule has 4 rings (SSSR count). The van der Waals surface area contributed by atoms with Crippen molar-refractivity contribution in [3.8, 4) is 11.3 Å². The Hall–Kier alpha value is -3.13. The number of H-pyrrole nitrogens is 1. The van der Waals surface area contributed by atoms with E-state index < -0.39 is 6.17 Å². The maximum atomic E-state index is 13.2. The molecule has 1 amide bonds. The standard InChI is InChI=1S/C24H27N5O2S/c1-5-20(30)28-19-11-9-8-10-18(19)21-22(31)25-24(32-4)26-29(21)23(28)16-12-14-17(15-13-16)27(6-2)7-3/h8-15,23H,5-7H2,1-4H3/p+1/t23-/m0/s1. The number of rotatable bonds is 6. The normalized spacial score (nSPS) is 14.6. The van der Waals surface area contributed by atoms with Gasteiger partial charge in [-0.1, -0.05) is 30.8 Å². The molecule has 1 aliphatic heterocycles. The summed E-state index contributed by atoms with van der Waals surface area (Å²) in [6.07, 6.45) is 1.66. The highest BCUT2D eigenvalue weighted by Crippen LogP contribution is 2.37. The highest BCUT2D eigenvalue weighted by molar-refractivity contribution is 7.98. The molecule has 1 aromatic heterocycles. The predicted octanol–water partition coefficient (Wildman–Crippen LogP) is 3.60. The molecule has 0 aliphatic carbocycles. The fraction of sp³-hybridized carbons (Fsp3) is 0.333. The number of para-hydroxylation sites is 1. The Bertz CT molecular complexity index is 1190. The van der Waals surface area contributed by atoms with E-state index in [2.05, 4.69) is 35.9 Å². The van der Waals surface area contributed by atoms with E-state index in [0.29, 0.717) is 22.8 Å². The molecule has 8 heteroatoms. The summed E-state index contributed by atoms with van der Waals surface area (Å²) in [6, 6.07) is 15.7. The maximum Gasteiger partial charge on any atom is 0.325 e. The summed E-state index contributed by atoms with van der Waals surface area (Å²) in [5, 5.41) is 5.23. The minimum atomic E-state index is -0.550. The zero-order chi connectivity index (χ0) is 22.8. The molecule has 0 saturated carbocycles. The number of fused-ring (bicyclic) bond motifs is 3. The van der Waals surface area contributed by atoms with Gasteiger partial charge in [-0.2, -0.15) is 0 Å². The van der Waals surface area contributed by atoms with Crippen molar-refractivity contribution >= 4 is 29.0 Å². The summed E-state index contributed by atoms with van der Waals surface area (Å²) in [7, 11) is 0. The molecule has 0 unspecified atom stereocenters. The first kappa shape index (κ1) is 22.1. The van der Waals surface area contributed by atoms with Crippen LogP contribution in [-0.2, 0) is 4.79 Å². The Balaban J connectivity index is 1.97. The topological polar surface area (TPSA) is 73.2 Å². The smallest absolute Gasteiger partial charge is 0.325 e. The van der Waals surface area contributed by atoms with Crippen LogP contribution in [0.4, 0.5) is 11.4 Å². The molecule has 0 radical (unpaired) electrons. The number of anilines is 2. The van der Waals surface area contributed by atoms with Gasteiger partial charge in [-0.3, -0.25) is 14.6 Å². The van der Waals surface area contributed by atoms with E-state index in [1.165, 1.54) is 11.8 Å². The molecule has 0 fully saturated rings. The van der Waals surface area contributed by atoms with Gasteiger partial charge < -0.3 is 4.90 Å². The Morgan fingerprint density at radius 1 is 1.12 bits per heavy atom. The van der Waals surface area contributed by atoms with Crippen molar-refractivity contribution in [1.82, 2.24) is 10.1 Å². The van der Waals surface area contributed by atoms with Crippen molar-refractivity contribution in [2.45, 2.75) is 38.5 Å². The zero-order valence-corrected chi connectivity index (χ0v) is 19.6. The molecule has 1 aliphatic rings. The van der Waals surface area contributed by atoms with Crippen molar-refractivity contribution in [3.05, 3.63) is 64.4 Å². The summed E-state index contributed by atoms with van der Waals surface area (Å²) in [6.45, 7) is 7.94. The number of hydrogen-bond donors (Lipinski definition) is 1. The van der Waals surface area contributed by atoms with Crippen molar-refractivity contribution in [2.75, 3.05) is 29.1 Å². The molecular formula is C24H28N5O2S+. The minimum absolute atomic E-state index is 0.0267. The second-order valence-electron chi connectivity index (χ2n) is 7.53. The van der Waals surface area contributed by atoms with Crippen molar-refractivity contribution < 1.29 is 9.48 Å². The van der Waals surface area contributed by atoms with Crippen LogP contribution < -0.4 is 20.0 Å². The number of carbonyl (C=O) groups is 1. The molecule has 7 nitrogen and oxygen atoms in total. The highest BCUT2D eigenvalue weighted by Gasteiger charge is 2.45. The first-order valence-electron chi connectivity index (χ1n) is 10.9. The van der Waals surface area contributed by atoms with Crippen molar-refractivity contribution in [3.63, 3.8) is 0 Å². The second-order valence-corrected chi connectivity index (χ2v) is 8.32. The third-order valence-electron chi connectivity index (χ3n) is 5.84. The van der Waals surface area contributed by atoms with E-state index in [9.17, 15) is 9.59 Å². The monoisotopic (exact) mass is 450 g/mol. The quantitative estimate of drug-likeness (QED) is 0.459. The van der Waals surface area contributed by atoms with Gasteiger partial charge in [0.2, 0.25) is 11.1 Å². The Kier molecular flexibility index (Phi) is 6.32. The van der Waals surface area contributed by atoms with Crippen LogP contribution in [0.25, 0.3) is 11.3 Å². The molecule has 0 saturated heterocycles. The van der Waals surface area contributed by atoms with Gasteiger partial charge in [0.1, 0.15) is 0 Å². The van der Waals surface area contributed by atoms with E-state index in [1.54, 1.807) is 9.58 Å². The van der Waals surface area contributed by atoms with Crippen LogP contribution >= 0.6 is 11.8 Å². The summed E-state index contributed by atoms with van der Waals surface area (Å²) in [5.41, 5.74) is 3.68. The number of hydrogen-bond acceptors (Lipinski definition) is 5. The number of thioether (sulfide) groups is 1. The van der Waals surface area contributed by atoms with Gasteiger partial charge in [-0.25, -0.2) is 4.90 Å². The molecular weight excluding hydrogens is 422 g/mol. The van der Waals surface area contributed by atoms with Gasteiger partial charge in [0.15, 0.2) is 0 Å². The van der Waals surface area contributed by atoms with Gasteiger partial charge in [0.05, 0.1) is 11.3 Å². The first-order chi connectivity index (χ1) is 15.5. The fourth-order valence-electron chi connectivity index (χ4n) is 4.25. The van der Waals surface area contributed by atoms with Crippen LogP contribution in [0.5, 0.6) is 0 Å². The second kappa shape index (κ2) is 9.16. The Morgan fingerprint density at radius 2 is 1.81 bits per heavy atom. The van der Waals surface area contributed by atoms with Crippen LogP contribution in [0.15, 0.2) is 58.5 Å². The van der Waals surface area contributed by atoms with Gasteiger partial charge in [0, 0.05) is 35.9 Å². The van der Waals surface area contributed by atoms with Gasteiger partial charge in [-0.05, 0) is 61.2 Å². The third-order valence-corrected chi connectivity index (χ3v) is 6.41. The van der Waals surface area contributed by atoms with E-state index in [1.807, 2.05) is 49.6 Å². The lowest BCUT2D eigenvalue weighted by atomic mass is 10.0. The minimum Gasteiger partial charge on any atom is -0.372 e. The number of nitrogens with zero attached hydrogens (tertiary/aromatic N) is 4. The molecule has 166 valence electrons. The molecule has 32 heavy (non-hydrogen) atoms. The maximum absolute atomic E-state index is 13.2. The van der Waals surface area contributed by atoms with E-state index in [0.717, 1.165) is 30.0 Å². The fourth-order valence-corrected chi connectivity index (χ4v) is 4.61. The lowest BCUT2D eigenvalue weighted by Gasteiger charge is -2.32. The number of benzene rings is 2. The lowest BCUT2D eigenvalue weighted by molar-refractivity contribution is -0.763. The first-order valence-corrected chi connectivity index (χ1v) is 12.1. The van der Waals surface area contributed by atoms with Crippen LogP contribution in [0.1, 0.15) is 38.9 Å². The lowest BCUT2D eigenvalue weighted by Crippen LogP contribution is -2.60. The van der Waals surface area contributed by atoms with E-state index in [4.69, 9.17) is 5.10 Å². The molecule has 2 aromatic carbocycles. The van der Waals surface area contributed by atoms with Crippen LogP contribution in [-0.4, -0.2) is 35.3 Å². The zero-order valence-electron chi connectivity index (χ0n) is 18.8. The third kappa shape index (κ3) is 3.68. The number of aromatic nitrogens is 3. The van der Waals surface area contributed by atoms with E-state index in [-0.39, 0.29) is 11.5 Å². The largest absolute Gasteiger partial charge is 0.372 e. The number of nitrogens with one attached hydrogen (secondary N) is 1. The number of aromatic amines is 1. The molecule has 0 bridgehead atoms. The Morgan fingerprint density at radius 3 is 2.44 bits per heavy atom. The van der Waals surface area contributed by atoms with E-state index >= 15 is 0 Å². The Labute approximate surface area is 192 Å². The number of carbonyl (C=O) groups excluding carboxylic acids is 1. The van der Waals surface area contributed by atoms with Crippen LogP contribution in [0.3, 0.4) is 0 Å². The SMILES string of the molecule is CCC(=O)N1c2ccccc2-c2c(=O)[nH]c(SC)n[n+]2[C@H]1c1ccc(N(CC)CC)cc1. The summed E-state index contributed by atoms with van der Waals surface area (Å²) < 4.78 is 1.70. The average Bonchev–Trinajstić information content (AvgIpc) is 2.83. The van der Waals surface area contributed by atoms with Gasteiger partial charge >= 0.3 is 11.3 Å². The molecule has 0 spiro atoms. The molecule has 1 N–H and O–H groups in total. The van der Waals surface area contributed by atoms with Crippen LogP contribution in [0, 0.1) is 0 Å². The van der Waals surface area contributed by atoms with Gasteiger partial charge in [-0.15, -0.1) is 0 Å². The molecule has 3 aromatic rings. The van der Waals surface area contributed by atoms with Crippen molar-refractivity contribution in [2.24, 2.45) is 0 Å². The summed E-state index contributed by atoms with van der Waals surface area (Å²) in [4.78, 5) is 33.2. The number of amides is 1. The summed E-state index contributed by atoms with van der Waals surface area (Å²) >= 11 is 1.36. The predicted molar refractivity (Wildman–Crippen MR) is 128 cm³/mol. The average molecular weight is 451 g/mol. The van der Waals surface area contributed by atoms with Gasteiger partial charge in [0.25, 0.3) is 6.17 Å². The highest BCUT2D eigenvalue weighted by atomic mass is 32.2. The molecule has 2 heterocycles. The molecule has 1 atom stereocenters. The summed E-state index contributed by atoms with van der Waals surface area (Å²) in [5.74, 6) is -0.0267. The van der Waals surface area contributed by atoms with Crippen LogP contribution in [0.2, 0.25) is 0 Å².